The van der Waals surface area contributed by atoms with E-state index in [0.717, 1.165) is 32.4 Å². The van der Waals surface area contributed by atoms with Gasteiger partial charge in [0.1, 0.15) is 0 Å². The second-order valence-electron chi connectivity index (χ2n) is 7.90. The molecule has 0 saturated carbocycles. The molecule has 3 rings (SSSR count). The summed E-state index contributed by atoms with van der Waals surface area (Å²) in [6.45, 7) is 6.46. The van der Waals surface area contributed by atoms with Gasteiger partial charge in [-0.3, -0.25) is 4.90 Å². The quantitative estimate of drug-likeness (QED) is 0.726. The van der Waals surface area contributed by atoms with Crippen LogP contribution in [0.4, 0.5) is 4.79 Å². The van der Waals surface area contributed by atoms with E-state index >= 15 is 0 Å². The lowest BCUT2D eigenvalue weighted by molar-refractivity contribution is 0.00404. The fraction of sp³-hybridized carbons (Fsp3) is 0.458. The van der Waals surface area contributed by atoms with Crippen LogP contribution in [0, 0.1) is 0 Å². The Morgan fingerprint density at radius 2 is 1.71 bits per heavy atom. The van der Waals surface area contributed by atoms with Crippen molar-refractivity contribution < 1.29 is 9.53 Å². The number of amides is 1. The van der Waals surface area contributed by atoms with Crippen LogP contribution in [-0.2, 0) is 17.7 Å². The molecule has 28 heavy (non-hydrogen) atoms. The second-order valence-corrected chi connectivity index (χ2v) is 7.90. The maximum absolute atomic E-state index is 12.6. The van der Waals surface area contributed by atoms with Gasteiger partial charge in [-0.05, 0) is 44.2 Å². The van der Waals surface area contributed by atoms with E-state index in [1.54, 1.807) is 0 Å². The van der Waals surface area contributed by atoms with Crippen LogP contribution in [0.5, 0.6) is 0 Å². The standard InChI is InChI=1S/C24H32N2O2/c1-4-28-23(27)25(3)24(18-21-11-7-5-8-12-21)15-16-26(20(2)17-24)19-22-13-9-6-10-14-22/h5-14,20H,4,15-19H2,1-3H3. The number of carbonyl (C=O) groups is 1. The number of carbonyl (C=O) groups excluding carboxylic acids is 1. The Kier molecular flexibility index (Phi) is 6.74. The lowest BCUT2D eigenvalue weighted by atomic mass is 9.77. The third-order valence-corrected chi connectivity index (χ3v) is 6.02. The summed E-state index contributed by atoms with van der Waals surface area (Å²) in [4.78, 5) is 17.0. The van der Waals surface area contributed by atoms with E-state index in [-0.39, 0.29) is 11.6 Å². The molecule has 150 valence electrons. The van der Waals surface area contributed by atoms with Crippen LogP contribution in [0.1, 0.15) is 37.8 Å². The van der Waals surface area contributed by atoms with Crippen molar-refractivity contribution in [2.75, 3.05) is 20.2 Å². The van der Waals surface area contributed by atoms with Crippen molar-refractivity contribution in [2.24, 2.45) is 0 Å². The van der Waals surface area contributed by atoms with Crippen molar-refractivity contribution >= 4 is 6.09 Å². The van der Waals surface area contributed by atoms with Gasteiger partial charge in [0.15, 0.2) is 0 Å². The van der Waals surface area contributed by atoms with Crippen LogP contribution in [0.3, 0.4) is 0 Å². The van der Waals surface area contributed by atoms with Crippen molar-refractivity contribution in [2.45, 2.75) is 51.2 Å². The molecule has 0 aliphatic carbocycles. The maximum Gasteiger partial charge on any atom is 0.409 e. The molecule has 1 saturated heterocycles. The number of rotatable bonds is 6. The monoisotopic (exact) mass is 380 g/mol. The molecule has 2 aromatic rings. The van der Waals surface area contributed by atoms with Gasteiger partial charge in [0, 0.05) is 26.2 Å². The first-order chi connectivity index (χ1) is 13.5. The molecule has 2 unspecified atom stereocenters. The highest BCUT2D eigenvalue weighted by Gasteiger charge is 2.43. The van der Waals surface area contributed by atoms with Crippen LogP contribution < -0.4 is 0 Å². The number of likely N-dealkylation sites (N-methyl/N-ethyl adjacent to an activating group) is 1. The van der Waals surface area contributed by atoms with Gasteiger partial charge in [0.2, 0.25) is 0 Å². The molecule has 2 atom stereocenters. The maximum atomic E-state index is 12.6. The van der Waals surface area contributed by atoms with Crippen molar-refractivity contribution in [1.29, 1.82) is 0 Å². The Labute approximate surface area is 169 Å². The summed E-state index contributed by atoms with van der Waals surface area (Å²) in [5, 5.41) is 0. The third kappa shape index (κ3) is 4.74. The SMILES string of the molecule is CCOC(=O)N(C)C1(Cc2ccccc2)CCN(Cc2ccccc2)C(C)C1. The fourth-order valence-corrected chi connectivity index (χ4v) is 4.38. The highest BCUT2D eigenvalue weighted by Crippen LogP contribution is 2.36. The first kappa shape index (κ1) is 20.4. The second kappa shape index (κ2) is 9.24. The molecule has 4 heteroatoms. The van der Waals surface area contributed by atoms with Gasteiger partial charge in [-0.1, -0.05) is 60.7 Å². The Hall–Kier alpha value is -2.33. The van der Waals surface area contributed by atoms with E-state index in [9.17, 15) is 4.79 Å². The zero-order valence-corrected chi connectivity index (χ0v) is 17.3. The van der Waals surface area contributed by atoms with Crippen molar-refractivity contribution in [1.82, 2.24) is 9.80 Å². The number of nitrogens with zero attached hydrogens (tertiary/aromatic N) is 2. The van der Waals surface area contributed by atoms with Gasteiger partial charge < -0.3 is 9.64 Å². The highest BCUT2D eigenvalue weighted by molar-refractivity contribution is 5.68. The number of benzene rings is 2. The van der Waals surface area contributed by atoms with Crippen molar-refractivity contribution in [3.63, 3.8) is 0 Å². The van der Waals surface area contributed by atoms with Gasteiger partial charge in [-0.25, -0.2) is 4.79 Å². The smallest absolute Gasteiger partial charge is 0.409 e. The molecule has 1 amide bonds. The Morgan fingerprint density at radius 1 is 1.11 bits per heavy atom. The molecule has 0 N–H and O–H groups in total. The van der Waals surface area contributed by atoms with Gasteiger partial charge >= 0.3 is 6.09 Å². The molecular formula is C24H32N2O2. The van der Waals surface area contributed by atoms with E-state index in [1.165, 1.54) is 11.1 Å². The predicted octanol–water partition coefficient (Wildman–Crippen LogP) is 4.74. The minimum absolute atomic E-state index is 0.220. The summed E-state index contributed by atoms with van der Waals surface area (Å²) in [6, 6.07) is 21.5. The molecular weight excluding hydrogens is 348 g/mol. The number of hydrogen-bond donors (Lipinski definition) is 0. The molecule has 0 radical (unpaired) electrons. The largest absolute Gasteiger partial charge is 0.450 e. The molecule has 2 aromatic carbocycles. The van der Waals surface area contributed by atoms with Crippen LogP contribution >= 0.6 is 0 Å². The van der Waals surface area contributed by atoms with Gasteiger partial charge in [0.05, 0.1) is 12.1 Å². The van der Waals surface area contributed by atoms with Crippen LogP contribution in [0.15, 0.2) is 60.7 Å². The summed E-state index contributed by atoms with van der Waals surface area (Å²) >= 11 is 0. The number of ether oxygens (including phenoxy) is 1. The first-order valence-corrected chi connectivity index (χ1v) is 10.3. The van der Waals surface area contributed by atoms with Crippen LogP contribution in [0.2, 0.25) is 0 Å². The normalized spacial score (nSPS) is 22.6. The average molecular weight is 381 g/mol. The summed E-state index contributed by atoms with van der Waals surface area (Å²) in [6.07, 6.45) is 2.51. The van der Waals surface area contributed by atoms with E-state index in [2.05, 4.69) is 66.4 Å². The van der Waals surface area contributed by atoms with E-state index < -0.39 is 0 Å². The minimum atomic E-state index is -0.222. The molecule has 0 spiro atoms. The zero-order valence-electron chi connectivity index (χ0n) is 17.3. The molecule has 0 aromatic heterocycles. The molecule has 4 nitrogen and oxygen atoms in total. The Morgan fingerprint density at radius 3 is 2.29 bits per heavy atom. The summed E-state index contributed by atoms with van der Waals surface area (Å²) < 4.78 is 5.35. The van der Waals surface area contributed by atoms with Gasteiger partial charge in [-0.15, -0.1) is 0 Å². The average Bonchev–Trinajstić information content (AvgIpc) is 2.71. The van der Waals surface area contributed by atoms with E-state index in [0.29, 0.717) is 12.6 Å². The van der Waals surface area contributed by atoms with Crippen molar-refractivity contribution in [3.05, 3.63) is 71.8 Å². The Bertz CT molecular complexity index is 750. The van der Waals surface area contributed by atoms with E-state index in [1.807, 2.05) is 24.9 Å². The van der Waals surface area contributed by atoms with Crippen LogP contribution in [0.25, 0.3) is 0 Å². The molecule has 1 fully saturated rings. The number of piperidine rings is 1. The molecule has 1 heterocycles. The molecule has 0 bridgehead atoms. The molecule has 1 aliphatic rings. The van der Waals surface area contributed by atoms with E-state index in [4.69, 9.17) is 4.74 Å². The number of hydrogen-bond acceptors (Lipinski definition) is 3. The first-order valence-electron chi connectivity index (χ1n) is 10.3. The topological polar surface area (TPSA) is 32.8 Å². The summed E-state index contributed by atoms with van der Waals surface area (Å²) in [7, 11) is 1.90. The summed E-state index contributed by atoms with van der Waals surface area (Å²) in [5.74, 6) is 0. The fourth-order valence-electron chi connectivity index (χ4n) is 4.38. The highest BCUT2D eigenvalue weighted by atomic mass is 16.6. The zero-order chi connectivity index (χ0) is 20.0. The lowest BCUT2D eigenvalue weighted by Crippen LogP contribution is -2.59. The van der Waals surface area contributed by atoms with Gasteiger partial charge in [-0.2, -0.15) is 0 Å². The third-order valence-electron chi connectivity index (χ3n) is 6.02. The van der Waals surface area contributed by atoms with Crippen LogP contribution in [-0.4, -0.2) is 47.7 Å². The van der Waals surface area contributed by atoms with Crippen molar-refractivity contribution in [3.8, 4) is 0 Å². The molecule has 1 aliphatic heterocycles. The lowest BCUT2D eigenvalue weighted by Gasteiger charge is -2.50. The van der Waals surface area contributed by atoms with Gasteiger partial charge in [0.25, 0.3) is 0 Å². The predicted molar refractivity (Wildman–Crippen MR) is 113 cm³/mol. The summed E-state index contributed by atoms with van der Waals surface area (Å²) in [5.41, 5.74) is 2.38. The minimum Gasteiger partial charge on any atom is -0.450 e. The number of likely N-dealkylation sites (tertiary alicyclic amines) is 1. The Balaban J connectivity index is 1.79.